The summed E-state index contributed by atoms with van der Waals surface area (Å²) in [5.74, 6) is -1.39. The van der Waals surface area contributed by atoms with Gasteiger partial charge in [0, 0.05) is 28.5 Å². The summed E-state index contributed by atoms with van der Waals surface area (Å²) >= 11 is 6.10. The van der Waals surface area contributed by atoms with Crippen molar-refractivity contribution < 1.29 is 19.2 Å². The van der Waals surface area contributed by atoms with E-state index in [1.807, 2.05) is 30.3 Å². The van der Waals surface area contributed by atoms with Gasteiger partial charge < -0.3 is 10.1 Å². The van der Waals surface area contributed by atoms with Crippen molar-refractivity contribution in [2.75, 3.05) is 5.32 Å². The molecular weight excluding hydrogens is 530 g/mol. The van der Waals surface area contributed by atoms with E-state index < -0.39 is 22.4 Å². The Bertz CT molecular complexity index is 1520. The van der Waals surface area contributed by atoms with Gasteiger partial charge in [0.2, 0.25) is 5.91 Å². The monoisotopic (exact) mass is 557 g/mol. The van der Waals surface area contributed by atoms with Crippen LogP contribution in [0, 0.1) is 10.1 Å². The quantitative estimate of drug-likeness (QED) is 0.139. The first kappa shape index (κ1) is 28.4. The van der Waals surface area contributed by atoms with E-state index in [1.54, 1.807) is 57.2 Å². The number of anilines is 1. The average molecular weight is 558 g/mol. The molecule has 8 nitrogen and oxygen atoms in total. The van der Waals surface area contributed by atoms with E-state index in [2.05, 4.69) is 10.3 Å². The Hall–Kier alpha value is -4.56. The lowest BCUT2D eigenvalue weighted by Gasteiger charge is -2.20. The maximum absolute atomic E-state index is 13.5. The lowest BCUT2D eigenvalue weighted by Crippen LogP contribution is -2.24. The molecule has 1 N–H and O–H groups in total. The fraction of sp³-hybridized carbons (Fsp3) is 0.194. The van der Waals surface area contributed by atoms with Crippen LogP contribution in [0.5, 0.6) is 0 Å². The van der Waals surface area contributed by atoms with Crippen LogP contribution in [0.3, 0.4) is 0 Å². The van der Waals surface area contributed by atoms with Gasteiger partial charge in [-0.3, -0.25) is 19.9 Å². The number of ether oxygens (including phenoxy) is 1. The van der Waals surface area contributed by atoms with Crippen LogP contribution in [0.1, 0.15) is 48.3 Å². The van der Waals surface area contributed by atoms with Gasteiger partial charge in [-0.15, -0.1) is 0 Å². The Kier molecular flexibility index (Phi) is 8.60. The van der Waals surface area contributed by atoms with Gasteiger partial charge in [0.1, 0.15) is 5.60 Å². The topological polar surface area (TPSA) is 111 Å². The molecule has 1 unspecified atom stereocenters. The predicted molar refractivity (Wildman–Crippen MR) is 154 cm³/mol. The first-order valence-corrected chi connectivity index (χ1v) is 13.0. The fourth-order valence-corrected chi connectivity index (χ4v) is 4.28. The minimum Gasteiger partial charge on any atom is -0.456 e. The number of nitro groups is 1. The largest absolute Gasteiger partial charge is 0.456 e. The zero-order valence-corrected chi connectivity index (χ0v) is 23.0. The molecule has 0 saturated heterocycles. The van der Waals surface area contributed by atoms with Crippen LogP contribution in [-0.2, 0) is 16.0 Å². The van der Waals surface area contributed by atoms with E-state index >= 15 is 0 Å². The number of nitrogens with zero attached hydrogens (tertiary/aromatic N) is 2. The van der Waals surface area contributed by atoms with Crippen molar-refractivity contribution in [2.45, 2.75) is 38.7 Å². The number of benzene rings is 3. The van der Waals surface area contributed by atoms with E-state index in [4.69, 9.17) is 16.3 Å². The van der Waals surface area contributed by atoms with Crippen LogP contribution in [0.15, 0.2) is 91.1 Å². The summed E-state index contributed by atoms with van der Waals surface area (Å²) in [4.78, 5) is 41.4. The van der Waals surface area contributed by atoms with Crippen molar-refractivity contribution in [3.05, 3.63) is 123 Å². The molecule has 1 atom stereocenters. The molecule has 1 aromatic heterocycles. The van der Waals surface area contributed by atoms with Crippen LogP contribution in [0.4, 0.5) is 11.4 Å². The van der Waals surface area contributed by atoms with Crippen molar-refractivity contribution in [1.82, 2.24) is 4.98 Å². The summed E-state index contributed by atoms with van der Waals surface area (Å²) in [5, 5.41) is 14.8. The second-order valence-electron chi connectivity index (χ2n) is 10.2. The second-order valence-corrected chi connectivity index (χ2v) is 10.6. The van der Waals surface area contributed by atoms with Gasteiger partial charge in [0.15, 0.2) is 0 Å². The molecule has 0 bridgehead atoms. The molecule has 3 aromatic carbocycles. The third kappa shape index (κ3) is 7.30. The fourth-order valence-electron chi connectivity index (χ4n) is 4.11. The molecule has 0 saturated carbocycles. The molecular formula is C31H28ClN3O5. The van der Waals surface area contributed by atoms with Crippen molar-refractivity contribution >= 4 is 34.9 Å². The third-order valence-corrected chi connectivity index (χ3v) is 6.23. The van der Waals surface area contributed by atoms with Crippen molar-refractivity contribution in [3.63, 3.8) is 0 Å². The van der Waals surface area contributed by atoms with Gasteiger partial charge in [0.25, 0.3) is 5.69 Å². The number of hydrogen-bond acceptors (Lipinski definition) is 6. The SMILES string of the molecule is CC(C)(C)OC(=O)c1ccc(NC(=O)C(Cc2ccccc2)c2ccc(-c3cc(Cl)ccc3[N+](=O)[O-])cn2)cc1. The third-order valence-electron chi connectivity index (χ3n) is 6.00. The number of esters is 1. The lowest BCUT2D eigenvalue weighted by atomic mass is 9.93. The predicted octanol–water partition coefficient (Wildman–Crippen LogP) is 7.23. The summed E-state index contributed by atoms with van der Waals surface area (Å²) in [5.41, 5.74) is 2.48. The molecule has 0 aliphatic carbocycles. The highest BCUT2D eigenvalue weighted by molar-refractivity contribution is 6.31. The molecule has 4 rings (SSSR count). The van der Waals surface area contributed by atoms with Gasteiger partial charge in [-0.05, 0) is 75.2 Å². The van der Waals surface area contributed by atoms with E-state index in [1.165, 1.54) is 24.4 Å². The van der Waals surface area contributed by atoms with Gasteiger partial charge in [-0.25, -0.2) is 4.79 Å². The molecule has 40 heavy (non-hydrogen) atoms. The Labute approximate surface area is 237 Å². The molecule has 0 aliphatic heterocycles. The summed E-state index contributed by atoms with van der Waals surface area (Å²) in [6, 6.07) is 23.8. The van der Waals surface area contributed by atoms with Crippen LogP contribution in [0.2, 0.25) is 5.02 Å². The number of halogens is 1. The van der Waals surface area contributed by atoms with Crippen LogP contribution >= 0.6 is 11.6 Å². The maximum atomic E-state index is 13.5. The first-order valence-electron chi connectivity index (χ1n) is 12.6. The highest BCUT2D eigenvalue weighted by Crippen LogP contribution is 2.33. The van der Waals surface area contributed by atoms with Crippen LogP contribution in [-0.4, -0.2) is 27.4 Å². The number of pyridine rings is 1. The van der Waals surface area contributed by atoms with E-state index in [0.717, 1.165) is 5.56 Å². The van der Waals surface area contributed by atoms with Gasteiger partial charge in [0.05, 0.1) is 27.7 Å². The smallest absolute Gasteiger partial charge is 0.338 e. The Balaban J connectivity index is 1.59. The van der Waals surface area contributed by atoms with Gasteiger partial charge in [-0.1, -0.05) is 48.0 Å². The average Bonchev–Trinajstić information content (AvgIpc) is 2.91. The summed E-state index contributed by atoms with van der Waals surface area (Å²) in [6.07, 6.45) is 1.89. The molecule has 9 heteroatoms. The standard InChI is InChI=1S/C31H28ClN3O5/c1-31(2,3)40-30(37)21-9-13-24(14-10-21)34-29(36)26(17-20-7-5-4-6-8-20)27-15-11-22(19-33-27)25-18-23(32)12-16-28(25)35(38)39/h4-16,18-19,26H,17H2,1-3H3,(H,34,36). The van der Waals surface area contributed by atoms with E-state index in [-0.39, 0.29) is 11.6 Å². The highest BCUT2D eigenvalue weighted by Gasteiger charge is 2.24. The van der Waals surface area contributed by atoms with Crippen LogP contribution < -0.4 is 5.32 Å². The van der Waals surface area contributed by atoms with Crippen molar-refractivity contribution in [2.24, 2.45) is 0 Å². The van der Waals surface area contributed by atoms with Crippen molar-refractivity contribution in [3.8, 4) is 11.1 Å². The molecule has 1 heterocycles. The molecule has 0 radical (unpaired) electrons. The van der Waals surface area contributed by atoms with Gasteiger partial charge in [-0.2, -0.15) is 0 Å². The highest BCUT2D eigenvalue weighted by atomic mass is 35.5. The number of aromatic nitrogens is 1. The van der Waals surface area contributed by atoms with E-state index in [0.29, 0.717) is 39.5 Å². The second kappa shape index (κ2) is 12.1. The molecule has 0 fully saturated rings. The lowest BCUT2D eigenvalue weighted by molar-refractivity contribution is -0.384. The zero-order chi connectivity index (χ0) is 28.9. The van der Waals surface area contributed by atoms with Crippen LogP contribution in [0.25, 0.3) is 11.1 Å². The number of rotatable bonds is 8. The Morgan fingerprint density at radius 3 is 2.30 bits per heavy atom. The normalized spacial score (nSPS) is 11.9. The molecule has 0 spiro atoms. The molecule has 1 amide bonds. The minimum atomic E-state index is -0.656. The molecule has 0 aliphatic rings. The number of hydrogen-bond donors (Lipinski definition) is 1. The number of carbonyl (C=O) groups excluding carboxylic acids is 2. The summed E-state index contributed by atoms with van der Waals surface area (Å²) < 4.78 is 5.40. The first-order chi connectivity index (χ1) is 19.0. The number of nitro benzene ring substituents is 1. The van der Waals surface area contributed by atoms with E-state index in [9.17, 15) is 19.7 Å². The number of amides is 1. The maximum Gasteiger partial charge on any atom is 0.338 e. The molecule has 204 valence electrons. The number of nitrogens with one attached hydrogen (secondary N) is 1. The Morgan fingerprint density at radius 1 is 1.00 bits per heavy atom. The minimum absolute atomic E-state index is 0.0904. The summed E-state index contributed by atoms with van der Waals surface area (Å²) in [6.45, 7) is 5.38. The van der Waals surface area contributed by atoms with Crippen molar-refractivity contribution in [1.29, 1.82) is 0 Å². The van der Waals surface area contributed by atoms with Gasteiger partial charge >= 0.3 is 5.97 Å². The summed E-state index contributed by atoms with van der Waals surface area (Å²) in [7, 11) is 0. The zero-order valence-electron chi connectivity index (χ0n) is 22.3. The Morgan fingerprint density at radius 2 is 1.70 bits per heavy atom. The number of carbonyl (C=O) groups is 2. The molecule has 4 aromatic rings.